The Balaban J connectivity index is 1.51. The topological polar surface area (TPSA) is 70.5 Å². The number of aromatic nitrogens is 2. The van der Waals surface area contributed by atoms with Crippen molar-refractivity contribution >= 4 is 16.7 Å². The quantitative estimate of drug-likeness (QED) is 0.472. The number of piperazine rings is 1. The fraction of sp³-hybridized carbons (Fsp3) is 0.250. The number of para-hydroxylation sites is 1. The molecule has 178 valence electrons. The van der Waals surface area contributed by atoms with E-state index in [1.54, 1.807) is 18.2 Å². The first-order valence-electron chi connectivity index (χ1n) is 11.9. The van der Waals surface area contributed by atoms with E-state index < -0.39 is 0 Å². The molecule has 0 saturated carbocycles. The Bertz CT molecular complexity index is 1360. The second-order valence-corrected chi connectivity index (χ2v) is 8.99. The van der Waals surface area contributed by atoms with E-state index in [4.69, 9.17) is 0 Å². The fourth-order valence-corrected chi connectivity index (χ4v) is 4.54. The summed E-state index contributed by atoms with van der Waals surface area (Å²) in [5.74, 6) is -0.297. The number of nitrogens with zero attached hydrogens (tertiary/aromatic N) is 4. The zero-order valence-corrected chi connectivity index (χ0v) is 19.8. The van der Waals surface area contributed by atoms with Gasteiger partial charge in [0.15, 0.2) is 5.69 Å². The number of fused-ring (bicyclic) bond motifs is 1. The Kier molecular flexibility index (Phi) is 6.70. The summed E-state index contributed by atoms with van der Waals surface area (Å²) in [4.78, 5) is 31.6. The summed E-state index contributed by atoms with van der Waals surface area (Å²) in [6.45, 7) is 4.62. The summed E-state index contributed by atoms with van der Waals surface area (Å²) in [6, 6.07) is 26.2. The Morgan fingerprint density at radius 2 is 1.46 bits per heavy atom. The van der Waals surface area contributed by atoms with Gasteiger partial charge in [-0.1, -0.05) is 66.7 Å². The van der Waals surface area contributed by atoms with Crippen molar-refractivity contribution in [2.75, 3.05) is 39.8 Å². The van der Waals surface area contributed by atoms with Gasteiger partial charge in [0, 0.05) is 38.1 Å². The number of likely N-dealkylation sites (N-methyl/N-ethyl adjacent to an activating group) is 1. The van der Waals surface area contributed by atoms with Crippen LogP contribution in [0.1, 0.15) is 22.1 Å². The van der Waals surface area contributed by atoms with Crippen LogP contribution in [0.25, 0.3) is 16.5 Å². The maximum atomic E-state index is 13.7. The number of amides is 1. The molecule has 1 saturated heterocycles. The van der Waals surface area contributed by atoms with E-state index in [0.29, 0.717) is 23.0 Å². The lowest BCUT2D eigenvalue weighted by Gasteiger charge is -2.35. The van der Waals surface area contributed by atoms with Crippen molar-refractivity contribution in [3.8, 4) is 5.69 Å². The molecule has 1 amide bonds. The van der Waals surface area contributed by atoms with E-state index in [1.807, 2.05) is 66.7 Å². The van der Waals surface area contributed by atoms with E-state index in [2.05, 4.69) is 27.3 Å². The highest BCUT2D eigenvalue weighted by atomic mass is 16.2. The zero-order chi connectivity index (χ0) is 24.2. The van der Waals surface area contributed by atoms with E-state index in [9.17, 15) is 9.59 Å². The first-order valence-corrected chi connectivity index (χ1v) is 11.9. The van der Waals surface area contributed by atoms with Crippen molar-refractivity contribution in [1.82, 2.24) is 24.9 Å². The molecule has 0 bridgehead atoms. The molecule has 1 unspecified atom stereocenters. The molecule has 1 fully saturated rings. The van der Waals surface area contributed by atoms with Crippen LogP contribution in [0, 0.1) is 0 Å². The molecule has 0 spiro atoms. The van der Waals surface area contributed by atoms with Crippen LogP contribution in [0.2, 0.25) is 0 Å². The molecule has 35 heavy (non-hydrogen) atoms. The Morgan fingerprint density at radius 1 is 0.857 bits per heavy atom. The molecule has 1 aliphatic heterocycles. The molecule has 7 nitrogen and oxygen atoms in total. The Labute approximate surface area is 204 Å². The Morgan fingerprint density at radius 3 is 2.14 bits per heavy atom. The van der Waals surface area contributed by atoms with Gasteiger partial charge >= 0.3 is 0 Å². The third kappa shape index (κ3) is 5.01. The van der Waals surface area contributed by atoms with Crippen molar-refractivity contribution in [1.29, 1.82) is 0 Å². The predicted octanol–water partition coefficient (Wildman–Crippen LogP) is 3.10. The molecule has 5 rings (SSSR count). The minimum Gasteiger partial charge on any atom is -0.343 e. The van der Waals surface area contributed by atoms with Gasteiger partial charge in [-0.2, -0.15) is 9.78 Å². The second kappa shape index (κ2) is 10.2. The van der Waals surface area contributed by atoms with Crippen LogP contribution < -0.4 is 10.9 Å². The molecule has 1 aromatic heterocycles. The van der Waals surface area contributed by atoms with Crippen molar-refractivity contribution < 1.29 is 4.79 Å². The number of rotatable bonds is 6. The molecule has 4 aromatic rings. The third-order valence-corrected chi connectivity index (χ3v) is 6.56. The van der Waals surface area contributed by atoms with E-state index >= 15 is 0 Å². The van der Waals surface area contributed by atoms with Crippen LogP contribution >= 0.6 is 0 Å². The molecular formula is C28H29N5O2. The first-order chi connectivity index (χ1) is 17.1. The predicted molar refractivity (Wildman–Crippen MR) is 138 cm³/mol. The summed E-state index contributed by atoms with van der Waals surface area (Å²) in [5.41, 5.74) is 1.65. The van der Waals surface area contributed by atoms with Gasteiger partial charge in [0.1, 0.15) is 0 Å². The standard InChI is InChI=1S/C28H29N5O2/c1-31-16-18-32(19-17-31)20-25(21-10-4-2-5-11-21)29-27(34)26-23-14-8-9-15-24(23)28(35)33(30-26)22-12-6-3-7-13-22/h2-15,25H,16-20H2,1H3,(H,29,34). The van der Waals surface area contributed by atoms with Crippen LogP contribution in [0.3, 0.4) is 0 Å². The molecule has 3 aromatic carbocycles. The van der Waals surface area contributed by atoms with E-state index in [0.717, 1.165) is 31.7 Å². The summed E-state index contributed by atoms with van der Waals surface area (Å²) in [7, 11) is 2.13. The van der Waals surface area contributed by atoms with Gasteiger partial charge in [-0.3, -0.25) is 14.5 Å². The van der Waals surface area contributed by atoms with Gasteiger partial charge in [0.05, 0.1) is 17.1 Å². The smallest absolute Gasteiger partial charge is 0.279 e. The summed E-state index contributed by atoms with van der Waals surface area (Å²) < 4.78 is 1.31. The van der Waals surface area contributed by atoms with E-state index in [1.165, 1.54) is 4.68 Å². The molecule has 2 heterocycles. The lowest BCUT2D eigenvalue weighted by Crippen LogP contribution is -2.48. The highest BCUT2D eigenvalue weighted by Gasteiger charge is 2.24. The van der Waals surface area contributed by atoms with Crippen LogP contribution in [0.4, 0.5) is 0 Å². The number of benzene rings is 3. The van der Waals surface area contributed by atoms with Gasteiger partial charge in [-0.15, -0.1) is 0 Å². The second-order valence-electron chi connectivity index (χ2n) is 8.99. The average molecular weight is 468 g/mol. The van der Waals surface area contributed by atoms with Gasteiger partial charge in [0.2, 0.25) is 0 Å². The number of carbonyl (C=O) groups excluding carboxylic acids is 1. The summed E-state index contributed by atoms with van der Waals surface area (Å²) in [6.07, 6.45) is 0. The van der Waals surface area contributed by atoms with Gasteiger partial charge in [-0.05, 0) is 30.8 Å². The number of hydrogen-bond acceptors (Lipinski definition) is 5. The number of carbonyl (C=O) groups is 1. The maximum Gasteiger partial charge on any atom is 0.279 e. The lowest BCUT2D eigenvalue weighted by atomic mass is 10.0. The van der Waals surface area contributed by atoms with Crippen LogP contribution in [-0.2, 0) is 0 Å². The van der Waals surface area contributed by atoms with Crippen molar-refractivity contribution in [2.24, 2.45) is 0 Å². The van der Waals surface area contributed by atoms with Gasteiger partial charge in [-0.25, -0.2) is 0 Å². The summed E-state index contributed by atoms with van der Waals surface area (Å²) >= 11 is 0. The minimum atomic E-state index is -0.297. The normalized spacial score (nSPS) is 15.7. The minimum absolute atomic E-state index is 0.204. The van der Waals surface area contributed by atoms with Gasteiger partial charge < -0.3 is 10.2 Å². The molecule has 1 N–H and O–H groups in total. The van der Waals surface area contributed by atoms with Crippen molar-refractivity contribution in [3.05, 3.63) is 107 Å². The first kappa shape index (κ1) is 23.0. The summed E-state index contributed by atoms with van der Waals surface area (Å²) in [5, 5.41) is 8.79. The number of nitrogens with one attached hydrogen (secondary N) is 1. The van der Waals surface area contributed by atoms with Gasteiger partial charge in [0.25, 0.3) is 11.5 Å². The largest absolute Gasteiger partial charge is 0.343 e. The molecule has 0 aliphatic carbocycles. The molecule has 1 atom stereocenters. The SMILES string of the molecule is CN1CCN(CC(NC(=O)c2nn(-c3ccccc3)c(=O)c3ccccc23)c2ccccc2)CC1. The zero-order valence-electron chi connectivity index (χ0n) is 19.8. The highest BCUT2D eigenvalue weighted by molar-refractivity contribution is 6.05. The lowest BCUT2D eigenvalue weighted by molar-refractivity contribution is 0.0902. The van der Waals surface area contributed by atoms with Crippen LogP contribution in [0.15, 0.2) is 89.7 Å². The average Bonchev–Trinajstić information content (AvgIpc) is 2.91. The number of hydrogen-bond donors (Lipinski definition) is 1. The van der Waals surface area contributed by atoms with Crippen molar-refractivity contribution in [2.45, 2.75) is 6.04 Å². The maximum absolute atomic E-state index is 13.7. The Hall–Kier alpha value is -3.81. The van der Waals surface area contributed by atoms with Crippen LogP contribution in [-0.4, -0.2) is 65.3 Å². The fourth-order valence-electron chi connectivity index (χ4n) is 4.54. The highest BCUT2D eigenvalue weighted by Crippen LogP contribution is 2.19. The van der Waals surface area contributed by atoms with Crippen molar-refractivity contribution in [3.63, 3.8) is 0 Å². The van der Waals surface area contributed by atoms with E-state index in [-0.39, 0.29) is 23.2 Å². The van der Waals surface area contributed by atoms with Crippen LogP contribution in [0.5, 0.6) is 0 Å². The molecule has 7 heteroatoms. The monoisotopic (exact) mass is 467 g/mol. The molecule has 0 radical (unpaired) electrons. The molecular weight excluding hydrogens is 438 g/mol. The molecule has 1 aliphatic rings. The third-order valence-electron chi connectivity index (χ3n) is 6.56.